The summed E-state index contributed by atoms with van der Waals surface area (Å²) in [6.45, 7) is 2.64. The zero-order valence-corrected chi connectivity index (χ0v) is 13.2. The van der Waals surface area contributed by atoms with Gasteiger partial charge in [-0.3, -0.25) is 9.45 Å². The average molecular weight is 323 g/mol. The molecule has 0 fully saturated rings. The summed E-state index contributed by atoms with van der Waals surface area (Å²) in [5, 5.41) is 1.21. The number of hydrogen-bond acceptors (Lipinski definition) is 4. The van der Waals surface area contributed by atoms with Crippen molar-refractivity contribution in [2.75, 3.05) is 24.6 Å². The minimum Gasteiger partial charge on any atom is -0.399 e. The Hall–Kier alpha value is -1.57. The van der Waals surface area contributed by atoms with Crippen LogP contribution in [0.3, 0.4) is 0 Å². The zero-order valence-electron chi connectivity index (χ0n) is 12.4. The molecule has 0 saturated carbocycles. The highest BCUT2D eigenvalue weighted by Crippen LogP contribution is 2.29. The summed E-state index contributed by atoms with van der Waals surface area (Å²) in [6.07, 6.45) is 2.23. The van der Waals surface area contributed by atoms with Crippen molar-refractivity contribution in [2.45, 2.75) is 25.8 Å². The molecule has 4 N–H and O–H groups in total. The van der Waals surface area contributed by atoms with Crippen molar-refractivity contribution in [3.8, 4) is 0 Å². The predicted molar refractivity (Wildman–Crippen MR) is 87.3 cm³/mol. The summed E-state index contributed by atoms with van der Waals surface area (Å²) in [5.41, 5.74) is 10.3. The quantitative estimate of drug-likeness (QED) is 0.442. The van der Waals surface area contributed by atoms with Gasteiger partial charge in [-0.25, -0.2) is 0 Å². The van der Waals surface area contributed by atoms with Crippen LogP contribution in [0.5, 0.6) is 0 Å². The smallest absolute Gasteiger partial charge is 0.264 e. The molecule has 0 atom stereocenters. The molecule has 6 nitrogen and oxygen atoms in total. The Labute approximate surface area is 130 Å². The highest BCUT2D eigenvalue weighted by atomic mass is 32.2. The van der Waals surface area contributed by atoms with Crippen molar-refractivity contribution < 1.29 is 13.0 Å². The lowest BCUT2D eigenvalue weighted by Crippen LogP contribution is -2.31. The van der Waals surface area contributed by atoms with Crippen molar-refractivity contribution in [1.82, 2.24) is 9.88 Å². The van der Waals surface area contributed by atoms with Gasteiger partial charge in [0, 0.05) is 35.4 Å². The second-order valence-corrected chi connectivity index (χ2v) is 7.48. The fourth-order valence-corrected chi connectivity index (χ4v) is 3.69. The monoisotopic (exact) mass is 323 g/mol. The van der Waals surface area contributed by atoms with E-state index < -0.39 is 10.1 Å². The molecule has 120 valence electrons. The van der Waals surface area contributed by atoms with Crippen LogP contribution in [0.4, 0.5) is 5.69 Å². The van der Waals surface area contributed by atoms with Gasteiger partial charge in [-0.15, -0.1) is 0 Å². The molecular formula is C15H21N3O3S. The summed E-state index contributed by atoms with van der Waals surface area (Å²) in [5.74, 6) is -0.155. The number of aromatic amines is 1. The van der Waals surface area contributed by atoms with E-state index in [1.807, 2.05) is 18.2 Å². The van der Waals surface area contributed by atoms with Gasteiger partial charge in [0.05, 0.1) is 5.75 Å². The maximum absolute atomic E-state index is 10.7. The highest BCUT2D eigenvalue weighted by molar-refractivity contribution is 7.85. The van der Waals surface area contributed by atoms with Crippen molar-refractivity contribution in [2.24, 2.45) is 0 Å². The third-order valence-corrected chi connectivity index (χ3v) is 5.01. The van der Waals surface area contributed by atoms with Crippen LogP contribution in [0.2, 0.25) is 0 Å². The van der Waals surface area contributed by atoms with E-state index >= 15 is 0 Å². The molecule has 1 aliphatic rings. The molecule has 0 spiro atoms. The minimum atomic E-state index is -3.83. The molecule has 1 aromatic carbocycles. The van der Waals surface area contributed by atoms with E-state index in [1.54, 1.807) is 0 Å². The van der Waals surface area contributed by atoms with Crippen LogP contribution < -0.4 is 5.73 Å². The molecule has 0 aliphatic carbocycles. The van der Waals surface area contributed by atoms with Gasteiger partial charge in [-0.1, -0.05) is 0 Å². The first kappa shape index (κ1) is 15.3. The Morgan fingerprint density at radius 3 is 2.91 bits per heavy atom. The predicted octanol–water partition coefficient (Wildman–Crippen LogP) is 1.78. The van der Waals surface area contributed by atoms with E-state index in [1.165, 1.54) is 16.6 Å². The zero-order chi connectivity index (χ0) is 15.7. The summed E-state index contributed by atoms with van der Waals surface area (Å²) < 4.78 is 30.1. The van der Waals surface area contributed by atoms with Crippen LogP contribution in [-0.4, -0.2) is 41.7 Å². The number of fused-ring (bicyclic) bond motifs is 3. The van der Waals surface area contributed by atoms with Crippen LogP contribution in [0, 0.1) is 0 Å². The first-order valence-electron chi connectivity index (χ1n) is 7.49. The number of hydrogen-bond donors (Lipinski definition) is 3. The van der Waals surface area contributed by atoms with Crippen molar-refractivity contribution >= 4 is 26.7 Å². The molecule has 0 saturated heterocycles. The molecule has 0 amide bonds. The number of aromatic nitrogens is 1. The lowest BCUT2D eigenvalue weighted by molar-refractivity contribution is 0.248. The molecule has 0 radical (unpaired) electrons. The number of nitrogens with two attached hydrogens (primary N) is 1. The lowest BCUT2D eigenvalue weighted by atomic mass is 10.0. The molecule has 1 aromatic heterocycles. The van der Waals surface area contributed by atoms with Gasteiger partial charge >= 0.3 is 0 Å². The van der Waals surface area contributed by atoms with Gasteiger partial charge in [0.1, 0.15) is 0 Å². The van der Waals surface area contributed by atoms with E-state index in [9.17, 15) is 8.42 Å². The van der Waals surface area contributed by atoms with Crippen molar-refractivity contribution in [1.29, 1.82) is 0 Å². The van der Waals surface area contributed by atoms with E-state index in [4.69, 9.17) is 10.3 Å². The molecule has 3 rings (SSSR count). The van der Waals surface area contributed by atoms with Gasteiger partial charge in [-0.2, -0.15) is 8.42 Å². The third-order valence-electron chi connectivity index (χ3n) is 4.20. The fourth-order valence-electron chi connectivity index (χ4n) is 3.12. The summed E-state index contributed by atoms with van der Waals surface area (Å²) >= 11 is 0. The van der Waals surface area contributed by atoms with Gasteiger partial charge in [-0.05, 0) is 49.6 Å². The summed E-state index contributed by atoms with van der Waals surface area (Å²) in [7, 11) is -3.83. The maximum atomic E-state index is 10.7. The van der Waals surface area contributed by atoms with Gasteiger partial charge in [0.15, 0.2) is 0 Å². The van der Waals surface area contributed by atoms with Gasteiger partial charge in [0.2, 0.25) is 0 Å². The first-order chi connectivity index (χ1) is 10.4. The number of nitrogens with zero attached hydrogens (tertiary/aromatic N) is 1. The number of unbranched alkanes of at least 4 members (excludes halogenated alkanes) is 1. The molecular weight excluding hydrogens is 302 g/mol. The highest BCUT2D eigenvalue weighted by Gasteiger charge is 2.20. The van der Waals surface area contributed by atoms with Crippen LogP contribution in [0.25, 0.3) is 10.9 Å². The minimum absolute atomic E-state index is 0.155. The largest absolute Gasteiger partial charge is 0.399 e. The van der Waals surface area contributed by atoms with E-state index in [0.717, 1.165) is 43.7 Å². The van der Waals surface area contributed by atoms with Crippen LogP contribution >= 0.6 is 0 Å². The van der Waals surface area contributed by atoms with E-state index in [-0.39, 0.29) is 5.75 Å². The maximum Gasteiger partial charge on any atom is 0.264 e. The summed E-state index contributed by atoms with van der Waals surface area (Å²) in [4.78, 5) is 5.77. The third kappa shape index (κ3) is 3.43. The number of benzene rings is 1. The molecule has 0 unspecified atom stereocenters. The molecule has 2 heterocycles. The van der Waals surface area contributed by atoms with Crippen LogP contribution in [-0.2, 0) is 23.1 Å². The van der Waals surface area contributed by atoms with Crippen LogP contribution in [0.1, 0.15) is 24.1 Å². The Morgan fingerprint density at radius 1 is 1.32 bits per heavy atom. The lowest BCUT2D eigenvalue weighted by Gasteiger charge is -2.26. The fraction of sp³-hybridized carbons (Fsp3) is 0.467. The van der Waals surface area contributed by atoms with E-state index in [0.29, 0.717) is 6.42 Å². The SMILES string of the molecule is Nc1ccc2[nH]c3c(c2c1)CCN(CCCCS(=O)(=O)O)C3. The van der Waals surface area contributed by atoms with Crippen molar-refractivity contribution in [3.63, 3.8) is 0 Å². The standard InChI is InChI=1S/C15H21N3O3S/c16-11-3-4-14-13(9-11)12-5-7-18(10-15(12)17-14)6-1-2-8-22(19,20)21/h3-4,9,17H,1-2,5-8,10,16H2,(H,19,20,21). The molecule has 22 heavy (non-hydrogen) atoms. The van der Waals surface area contributed by atoms with Crippen molar-refractivity contribution in [3.05, 3.63) is 29.5 Å². The summed E-state index contributed by atoms with van der Waals surface area (Å²) in [6, 6.07) is 5.93. The second-order valence-electron chi connectivity index (χ2n) is 5.91. The normalized spacial score (nSPS) is 16.0. The Morgan fingerprint density at radius 2 is 2.14 bits per heavy atom. The first-order valence-corrected chi connectivity index (χ1v) is 9.10. The van der Waals surface area contributed by atoms with E-state index in [2.05, 4.69) is 9.88 Å². The average Bonchev–Trinajstić information content (AvgIpc) is 2.80. The molecule has 1 aliphatic heterocycles. The number of nitrogen functional groups attached to an aromatic ring is 1. The van der Waals surface area contributed by atoms with Crippen LogP contribution in [0.15, 0.2) is 18.2 Å². The molecule has 0 bridgehead atoms. The molecule has 7 heteroatoms. The van der Waals surface area contributed by atoms with Gasteiger partial charge < -0.3 is 10.7 Å². The second kappa shape index (κ2) is 5.91. The Bertz CT molecular complexity index is 783. The molecule has 2 aromatic rings. The number of nitrogens with one attached hydrogen (secondary N) is 1. The Kier molecular flexibility index (Phi) is 4.12. The number of anilines is 1. The topological polar surface area (TPSA) is 99.4 Å². The Balaban J connectivity index is 1.63. The number of rotatable bonds is 5. The number of H-pyrrole nitrogens is 1. The van der Waals surface area contributed by atoms with Gasteiger partial charge in [0.25, 0.3) is 10.1 Å².